The van der Waals surface area contributed by atoms with Crippen molar-refractivity contribution in [3.63, 3.8) is 0 Å². The van der Waals surface area contributed by atoms with Crippen LogP contribution < -0.4 is 0 Å². The van der Waals surface area contributed by atoms with Crippen LogP contribution in [0, 0.1) is 5.82 Å². The van der Waals surface area contributed by atoms with Gasteiger partial charge in [0.1, 0.15) is 17.1 Å². The SMILES string of the molecule is C/C(=C\C(=O)N1CCCC(O)(c2cn[nH]n2)C1)c1ccc(F)cc1. The molecule has 2 aromatic rings. The zero-order valence-electron chi connectivity index (χ0n) is 13.4. The second kappa shape index (κ2) is 6.52. The summed E-state index contributed by atoms with van der Waals surface area (Å²) in [4.78, 5) is 14.1. The monoisotopic (exact) mass is 330 g/mol. The number of H-pyrrole nitrogens is 1. The highest BCUT2D eigenvalue weighted by Crippen LogP contribution is 2.30. The highest BCUT2D eigenvalue weighted by Gasteiger charge is 2.38. The van der Waals surface area contributed by atoms with E-state index in [9.17, 15) is 14.3 Å². The van der Waals surface area contributed by atoms with E-state index in [0.29, 0.717) is 25.1 Å². The number of benzene rings is 1. The molecule has 2 heterocycles. The molecule has 0 spiro atoms. The van der Waals surface area contributed by atoms with E-state index in [1.54, 1.807) is 24.0 Å². The summed E-state index contributed by atoms with van der Waals surface area (Å²) in [7, 11) is 0. The second-order valence-electron chi connectivity index (χ2n) is 6.08. The molecule has 1 aliphatic rings. The molecule has 1 saturated heterocycles. The van der Waals surface area contributed by atoms with E-state index in [2.05, 4.69) is 15.4 Å². The molecule has 1 aliphatic heterocycles. The van der Waals surface area contributed by atoms with Gasteiger partial charge >= 0.3 is 0 Å². The van der Waals surface area contributed by atoms with Crippen LogP contribution in [0.4, 0.5) is 4.39 Å². The quantitative estimate of drug-likeness (QED) is 0.842. The van der Waals surface area contributed by atoms with Crippen molar-refractivity contribution in [1.29, 1.82) is 0 Å². The molecule has 0 bridgehead atoms. The number of rotatable bonds is 3. The Morgan fingerprint density at radius 3 is 2.83 bits per heavy atom. The lowest BCUT2D eigenvalue weighted by molar-refractivity contribution is -0.133. The molecule has 0 saturated carbocycles. The minimum Gasteiger partial charge on any atom is -0.382 e. The van der Waals surface area contributed by atoms with Crippen LogP contribution in [0.25, 0.3) is 5.57 Å². The number of aliphatic hydroxyl groups is 1. The van der Waals surface area contributed by atoms with Gasteiger partial charge < -0.3 is 10.0 Å². The third-order valence-corrected chi connectivity index (χ3v) is 4.31. The first-order chi connectivity index (χ1) is 11.5. The van der Waals surface area contributed by atoms with Gasteiger partial charge in [0.05, 0.1) is 12.7 Å². The molecule has 3 rings (SSSR count). The molecule has 126 valence electrons. The predicted octanol–water partition coefficient (Wildman–Crippen LogP) is 1.86. The number of nitrogens with zero attached hydrogens (tertiary/aromatic N) is 3. The molecular weight excluding hydrogens is 311 g/mol. The fraction of sp³-hybridized carbons (Fsp3) is 0.353. The van der Waals surface area contributed by atoms with Gasteiger partial charge in [-0.3, -0.25) is 4.79 Å². The van der Waals surface area contributed by atoms with Crippen molar-refractivity contribution in [2.24, 2.45) is 0 Å². The molecule has 0 radical (unpaired) electrons. The zero-order chi connectivity index (χ0) is 17.2. The van der Waals surface area contributed by atoms with Gasteiger partial charge in [0.15, 0.2) is 0 Å². The number of halogens is 1. The average molecular weight is 330 g/mol. The molecule has 7 heteroatoms. The number of aromatic amines is 1. The summed E-state index contributed by atoms with van der Waals surface area (Å²) in [6.07, 6.45) is 4.21. The van der Waals surface area contributed by atoms with E-state index in [0.717, 1.165) is 11.1 Å². The zero-order valence-corrected chi connectivity index (χ0v) is 13.4. The van der Waals surface area contributed by atoms with Crippen LogP contribution in [0.15, 0.2) is 36.5 Å². The Labute approximate surface area is 139 Å². The van der Waals surface area contributed by atoms with Crippen LogP contribution in [0.1, 0.15) is 31.0 Å². The Balaban J connectivity index is 1.75. The number of β-amino-alcohol motifs (C(OH)–C–C–N with tert-alkyl or cyclic N) is 1. The fourth-order valence-corrected chi connectivity index (χ4v) is 2.93. The van der Waals surface area contributed by atoms with Gasteiger partial charge in [-0.25, -0.2) is 4.39 Å². The van der Waals surface area contributed by atoms with E-state index in [1.165, 1.54) is 24.4 Å². The normalized spacial score (nSPS) is 21.8. The smallest absolute Gasteiger partial charge is 0.246 e. The van der Waals surface area contributed by atoms with Gasteiger partial charge in [0.25, 0.3) is 0 Å². The number of carbonyl (C=O) groups excluding carboxylic acids is 1. The highest BCUT2D eigenvalue weighted by molar-refractivity contribution is 5.95. The fourth-order valence-electron chi connectivity index (χ4n) is 2.93. The molecule has 1 atom stereocenters. The average Bonchev–Trinajstić information content (AvgIpc) is 3.11. The predicted molar refractivity (Wildman–Crippen MR) is 86.1 cm³/mol. The second-order valence-corrected chi connectivity index (χ2v) is 6.08. The lowest BCUT2D eigenvalue weighted by atomic mass is 9.90. The molecule has 1 aromatic heterocycles. The third-order valence-electron chi connectivity index (χ3n) is 4.31. The first kappa shape index (κ1) is 16.3. The maximum absolute atomic E-state index is 13.0. The van der Waals surface area contributed by atoms with Crippen molar-refractivity contribution in [2.45, 2.75) is 25.4 Å². The van der Waals surface area contributed by atoms with Gasteiger partial charge in [0.2, 0.25) is 5.91 Å². The topological polar surface area (TPSA) is 82.1 Å². The largest absolute Gasteiger partial charge is 0.382 e. The van der Waals surface area contributed by atoms with Gasteiger partial charge in [0, 0.05) is 12.6 Å². The van der Waals surface area contributed by atoms with Crippen molar-refractivity contribution in [3.8, 4) is 0 Å². The number of nitrogens with one attached hydrogen (secondary N) is 1. The van der Waals surface area contributed by atoms with E-state index < -0.39 is 5.60 Å². The minimum absolute atomic E-state index is 0.172. The van der Waals surface area contributed by atoms with Gasteiger partial charge in [-0.2, -0.15) is 15.4 Å². The van der Waals surface area contributed by atoms with Gasteiger partial charge in [-0.15, -0.1) is 0 Å². The van der Waals surface area contributed by atoms with Crippen LogP contribution in [0.5, 0.6) is 0 Å². The molecule has 1 fully saturated rings. The van der Waals surface area contributed by atoms with Crippen molar-refractivity contribution in [3.05, 3.63) is 53.6 Å². The lowest BCUT2D eigenvalue weighted by Gasteiger charge is -2.37. The Kier molecular flexibility index (Phi) is 4.44. The Morgan fingerprint density at radius 1 is 1.42 bits per heavy atom. The van der Waals surface area contributed by atoms with Gasteiger partial charge in [-0.1, -0.05) is 12.1 Å². The van der Waals surface area contributed by atoms with Crippen molar-refractivity contribution >= 4 is 11.5 Å². The summed E-state index contributed by atoms with van der Waals surface area (Å²) in [6, 6.07) is 6.00. The number of likely N-dealkylation sites (tertiary alicyclic amines) is 1. The summed E-state index contributed by atoms with van der Waals surface area (Å²) in [5.74, 6) is -0.495. The van der Waals surface area contributed by atoms with Crippen LogP contribution in [-0.4, -0.2) is 44.4 Å². The maximum Gasteiger partial charge on any atom is 0.246 e. The number of carbonyl (C=O) groups is 1. The molecule has 0 aliphatic carbocycles. The molecule has 1 aromatic carbocycles. The number of hydrogen-bond donors (Lipinski definition) is 2. The first-order valence-corrected chi connectivity index (χ1v) is 7.80. The molecule has 2 N–H and O–H groups in total. The standard InChI is InChI=1S/C17H19FN4O2/c1-12(13-3-5-14(18)6-4-13)9-16(23)22-8-2-7-17(24,11-22)15-10-19-21-20-15/h3-6,9-10,24H,2,7-8,11H2,1H3,(H,19,20,21)/b12-9+. The van der Waals surface area contributed by atoms with E-state index in [-0.39, 0.29) is 18.3 Å². The summed E-state index contributed by atoms with van der Waals surface area (Å²) in [6.45, 7) is 2.55. The molecule has 6 nitrogen and oxygen atoms in total. The third kappa shape index (κ3) is 3.35. The lowest BCUT2D eigenvalue weighted by Crippen LogP contribution is -2.48. The summed E-state index contributed by atoms with van der Waals surface area (Å²) < 4.78 is 13.0. The number of allylic oxidation sites excluding steroid dienone is 1. The van der Waals surface area contributed by atoms with E-state index >= 15 is 0 Å². The maximum atomic E-state index is 13.0. The van der Waals surface area contributed by atoms with Gasteiger partial charge in [-0.05, 0) is 43.0 Å². The van der Waals surface area contributed by atoms with Crippen molar-refractivity contribution < 1.29 is 14.3 Å². The summed E-state index contributed by atoms with van der Waals surface area (Å²) in [5.41, 5.74) is 0.793. The summed E-state index contributed by atoms with van der Waals surface area (Å²) in [5, 5.41) is 20.9. The Morgan fingerprint density at radius 2 is 2.17 bits per heavy atom. The Bertz CT molecular complexity index is 742. The molecule has 1 unspecified atom stereocenters. The van der Waals surface area contributed by atoms with Crippen molar-refractivity contribution in [2.75, 3.05) is 13.1 Å². The van der Waals surface area contributed by atoms with Crippen LogP contribution in [-0.2, 0) is 10.4 Å². The molecular formula is C17H19FN4O2. The molecule has 24 heavy (non-hydrogen) atoms. The number of amides is 1. The summed E-state index contributed by atoms with van der Waals surface area (Å²) >= 11 is 0. The van der Waals surface area contributed by atoms with E-state index in [1.807, 2.05) is 0 Å². The van der Waals surface area contributed by atoms with Crippen molar-refractivity contribution in [1.82, 2.24) is 20.3 Å². The van der Waals surface area contributed by atoms with Crippen LogP contribution >= 0.6 is 0 Å². The highest BCUT2D eigenvalue weighted by atomic mass is 19.1. The van der Waals surface area contributed by atoms with Crippen LogP contribution in [0.3, 0.4) is 0 Å². The molecule has 1 amide bonds. The number of piperidine rings is 1. The number of aromatic nitrogens is 3. The van der Waals surface area contributed by atoms with Crippen LogP contribution in [0.2, 0.25) is 0 Å². The first-order valence-electron chi connectivity index (χ1n) is 7.80. The Hall–Kier alpha value is -2.54. The number of hydrogen-bond acceptors (Lipinski definition) is 4. The van der Waals surface area contributed by atoms with E-state index in [4.69, 9.17) is 0 Å². The minimum atomic E-state index is -1.18.